The molecule has 2 aliphatic rings. The summed E-state index contributed by atoms with van der Waals surface area (Å²) in [5.74, 6) is 0.754. The van der Waals surface area contributed by atoms with Crippen LogP contribution in [0.3, 0.4) is 0 Å². The maximum atomic E-state index is 15.4. The highest BCUT2D eigenvalue weighted by atomic mass is 35.5. The van der Waals surface area contributed by atoms with Gasteiger partial charge in [0.25, 0.3) is 15.9 Å². The Morgan fingerprint density at radius 1 is 1.09 bits per heavy atom. The van der Waals surface area contributed by atoms with Gasteiger partial charge in [-0.2, -0.15) is 0 Å². The van der Waals surface area contributed by atoms with Crippen molar-refractivity contribution in [2.24, 2.45) is 0 Å². The normalized spacial score (nSPS) is 20.0. The first-order chi connectivity index (χ1) is 21.8. The van der Waals surface area contributed by atoms with E-state index in [4.69, 9.17) is 25.5 Å². The number of halogens is 1. The van der Waals surface area contributed by atoms with Gasteiger partial charge in [0, 0.05) is 29.2 Å². The number of nitrogens with one attached hydrogen (secondary N) is 1. The molecule has 45 heavy (non-hydrogen) atoms. The van der Waals surface area contributed by atoms with Crippen molar-refractivity contribution in [1.29, 1.82) is 0 Å². The lowest BCUT2D eigenvalue weighted by molar-refractivity contribution is -0.127. The van der Waals surface area contributed by atoms with E-state index >= 15 is 4.79 Å². The standard InChI is InChI=1S/C33H35ClN4O6S/c1-4-35-21-22-8-15-30(43-5-2)27(19-22)33(37-17-6-7-29(37)31-36-16-18-44-31)26-20-23(34)9-14-28(26)38(32(33)39)45(40,41)25-12-10-24(42-3)11-13-25/h8-16,18-20,29,35H,4-7,17,21H2,1-3H3/t29-,33?/m0/s1. The minimum Gasteiger partial charge on any atom is -0.497 e. The number of carbonyl (C=O) groups excluding carboxylic acids is 1. The summed E-state index contributed by atoms with van der Waals surface area (Å²) in [5, 5.41) is 3.71. The van der Waals surface area contributed by atoms with Gasteiger partial charge in [-0.1, -0.05) is 24.6 Å². The average molecular weight is 651 g/mol. The Balaban J connectivity index is 1.66. The molecular weight excluding hydrogens is 616 g/mol. The molecule has 4 aromatic rings. The second-order valence-electron chi connectivity index (χ2n) is 10.9. The van der Waals surface area contributed by atoms with Crippen LogP contribution in [0.4, 0.5) is 5.69 Å². The molecule has 6 rings (SSSR count). The number of amides is 1. The molecule has 1 N–H and O–H groups in total. The van der Waals surface area contributed by atoms with Crippen LogP contribution in [-0.4, -0.2) is 51.0 Å². The van der Waals surface area contributed by atoms with Crippen molar-refractivity contribution >= 4 is 33.2 Å². The van der Waals surface area contributed by atoms with E-state index in [0.29, 0.717) is 59.7 Å². The fourth-order valence-corrected chi connectivity index (χ4v) is 8.11. The van der Waals surface area contributed by atoms with Gasteiger partial charge in [0.1, 0.15) is 17.8 Å². The van der Waals surface area contributed by atoms with Gasteiger partial charge in [0.15, 0.2) is 5.54 Å². The lowest BCUT2D eigenvalue weighted by Crippen LogP contribution is -2.54. The Kier molecular flexibility index (Phi) is 8.62. The predicted molar refractivity (Wildman–Crippen MR) is 170 cm³/mol. The van der Waals surface area contributed by atoms with Crippen molar-refractivity contribution in [1.82, 2.24) is 15.2 Å². The number of sulfonamides is 1. The molecule has 0 saturated carbocycles. The second-order valence-corrected chi connectivity index (χ2v) is 13.1. The van der Waals surface area contributed by atoms with E-state index < -0.39 is 27.5 Å². The molecule has 1 aromatic heterocycles. The highest BCUT2D eigenvalue weighted by molar-refractivity contribution is 7.93. The number of anilines is 1. The molecule has 0 aliphatic carbocycles. The lowest BCUT2D eigenvalue weighted by Gasteiger charge is -2.41. The first kappa shape index (κ1) is 31.1. The topological polar surface area (TPSA) is 114 Å². The van der Waals surface area contributed by atoms with Crippen molar-refractivity contribution in [3.8, 4) is 11.5 Å². The molecule has 236 valence electrons. The van der Waals surface area contributed by atoms with Crippen LogP contribution in [0, 0.1) is 0 Å². The summed E-state index contributed by atoms with van der Waals surface area (Å²) >= 11 is 6.66. The van der Waals surface area contributed by atoms with Crippen molar-refractivity contribution in [2.45, 2.75) is 49.7 Å². The molecule has 12 heteroatoms. The average Bonchev–Trinajstić information content (AvgIpc) is 3.80. The van der Waals surface area contributed by atoms with Crippen LogP contribution in [0.25, 0.3) is 0 Å². The number of carbonyl (C=O) groups is 1. The summed E-state index contributed by atoms with van der Waals surface area (Å²) in [6, 6.07) is 16.2. The second kappa shape index (κ2) is 12.5. The minimum absolute atomic E-state index is 0.0510. The summed E-state index contributed by atoms with van der Waals surface area (Å²) in [6.45, 7) is 5.98. The number of nitrogens with zero attached hydrogens (tertiary/aromatic N) is 3. The van der Waals surface area contributed by atoms with Crippen molar-refractivity contribution in [3.63, 3.8) is 0 Å². The van der Waals surface area contributed by atoms with E-state index in [1.165, 1.54) is 25.5 Å². The molecule has 0 bridgehead atoms. The van der Waals surface area contributed by atoms with Gasteiger partial charge in [-0.3, -0.25) is 9.69 Å². The van der Waals surface area contributed by atoms with Crippen LogP contribution in [0.2, 0.25) is 5.02 Å². The van der Waals surface area contributed by atoms with Crippen molar-refractivity contribution in [2.75, 3.05) is 31.1 Å². The number of benzene rings is 3. The molecule has 3 heterocycles. The number of aromatic nitrogens is 1. The first-order valence-electron chi connectivity index (χ1n) is 14.9. The van der Waals surface area contributed by atoms with Crippen LogP contribution in [0.1, 0.15) is 55.3 Å². The van der Waals surface area contributed by atoms with Gasteiger partial charge in [-0.05, 0) is 86.5 Å². The van der Waals surface area contributed by atoms with Gasteiger partial charge in [0.05, 0.1) is 36.5 Å². The summed E-state index contributed by atoms with van der Waals surface area (Å²) < 4.78 is 47.1. The van der Waals surface area contributed by atoms with Gasteiger partial charge in [0.2, 0.25) is 5.89 Å². The minimum atomic E-state index is -4.40. The molecule has 3 aromatic carbocycles. The third kappa shape index (κ3) is 5.17. The molecule has 2 atom stereocenters. The van der Waals surface area contributed by atoms with Gasteiger partial charge >= 0.3 is 0 Å². The number of oxazole rings is 1. The van der Waals surface area contributed by atoms with Crippen LogP contribution in [-0.2, 0) is 26.9 Å². The highest BCUT2D eigenvalue weighted by Crippen LogP contribution is 2.57. The van der Waals surface area contributed by atoms with Crippen LogP contribution in [0.15, 0.2) is 82.4 Å². The molecule has 1 saturated heterocycles. The highest BCUT2D eigenvalue weighted by Gasteiger charge is 2.62. The van der Waals surface area contributed by atoms with Crippen molar-refractivity contribution < 1.29 is 27.1 Å². The van der Waals surface area contributed by atoms with E-state index in [1.54, 1.807) is 36.5 Å². The fourth-order valence-electron chi connectivity index (χ4n) is 6.48. The molecule has 0 spiro atoms. The molecule has 1 fully saturated rings. The van der Waals surface area contributed by atoms with Gasteiger partial charge in [-0.15, -0.1) is 0 Å². The van der Waals surface area contributed by atoms with Gasteiger partial charge in [-0.25, -0.2) is 17.7 Å². The van der Waals surface area contributed by atoms with Crippen LogP contribution >= 0.6 is 11.6 Å². The third-order valence-corrected chi connectivity index (χ3v) is 10.3. The Labute approximate surface area is 268 Å². The zero-order valence-electron chi connectivity index (χ0n) is 25.3. The molecular formula is C33H35ClN4O6S. The maximum absolute atomic E-state index is 15.4. The van der Waals surface area contributed by atoms with E-state index in [9.17, 15) is 8.42 Å². The Hall–Kier alpha value is -3.90. The quantitative estimate of drug-likeness (QED) is 0.220. The van der Waals surface area contributed by atoms with E-state index in [2.05, 4.69) is 10.3 Å². The Bertz CT molecular complexity index is 1800. The number of fused-ring (bicyclic) bond motifs is 1. The molecule has 2 aliphatic heterocycles. The molecule has 1 amide bonds. The van der Waals surface area contributed by atoms with E-state index in [1.807, 2.05) is 36.9 Å². The zero-order valence-corrected chi connectivity index (χ0v) is 26.9. The lowest BCUT2D eigenvalue weighted by atomic mass is 9.80. The number of ether oxygens (including phenoxy) is 2. The van der Waals surface area contributed by atoms with E-state index in [0.717, 1.165) is 22.8 Å². The number of hydrogen-bond donors (Lipinski definition) is 1. The van der Waals surface area contributed by atoms with Crippen LogP contribution < -0.4 is 19.1 Å². The molecule has 0 radical (unpaired) electrons. The number of hydrogen-bond acceptors (Lipinski definition) is 9. The zero-order chi connectivity index (χ0) is 31.8. The first-order valence-corrected chi connectivity index (χ1v) is 16.8. The smallest absolute Gasteiger partial charge is 0.271 e. The fraction of sp³-hybridized carbons (Fsp3) is 0.333. The number of likely N-dealkylation sites (tertiary alicyclic amines) is 1. The van der Waals surface area contributed by atoms with E-state index in [-0.39, 0.29) is 10.6 Å². The molecule has 1 unspecified atom stereocenters. The number of rotatable bonds is 11. The number of methoxy groups -OCH3 is 1. The monoisotopic (exact) mass is 650 g/mol. The maximum Gasteiger partial charge on any atom is 0.271 e. The molecule has 10 nitrogen and oxygen atoms in total. The summed E-state index contributed by atoms with van der Waals surface area (Å²) in [7, 11) is -2.90. The Morgan fingerprint density at radius 2 is 1.89 bits per heavy atom. The summed E-state index contributed by atoms with van der Waals surface area (Å²) in [5.41, 5.74) is 0.450. The van der Waals surface area contributed by atoms with Crippen molar-refractivity contribution in [3.05, 3.63) is 101 Å². The van der Waals surface area contributed by atoms with Gasteiger partial charge < -0.3 is 19.2 Å². The largest absolute Gasteiger partial charge is 0.497 e. The Morgan fingerprint density at radius 3 is 2.58 bits per heavy atom. The summed E-state index contributed by atoms with van der Waals surface area (Å²) in [4.78, 5) is 21.9. The van der Waals surface area contributed by atoms with Crippen LogP contribution in [0.5, 0.6) is 11.5 Å². The third-order valence-electron chi connectivity index (χ3n) is 8.39. The predicted octanol–water partition coefficient (Wildman–Crippen LogP) is 5.66. The summed E-state index contributed by atoms with van der Waals surface area (Å²) in [6.07, 6.45) is 4.45. The SMILES string of the molecule is CCNCc1ccc(OCC)c(C2(N3CCC[C@H]3c3ncco3)C(=O)N(S(=O)(=O)c3ccc(OC)cc3)c3ccc(Cl)cc32)c1.